The van der Waals surface area contributed by atoms with E-state index in [4.69, 9.17) is 14.2 Å². The number of carbonyl (C=O) groups excluding carboxylic acids is 3. The third-order valence-electron chi connectivity index (χ3n) is 6.50. The Morgan fingerprint density at radius 1 is 0.864 bits per heavy atom. The highest BCUT2D eigenvalue weighted by atomic mass is 79.9. The van der Waals surface area contributed by atoms with Crippen molar-refractivity contribution in [2.24, 2.45) is 0 Å². The third-order valence-corrected chi connectivity index (χ3v) is 6.93. The molecule has 0 bridgehead atoms. The van der Waals surface area contributed by atoms with Crippen molar-refractivity contribution in [3.05, 3.63) is 101 Å². The Hall–Kier alpha value is -4.48. The number of ether oxygens (including phenoxy) is 3. The first-order chi connectivity index (χ1) is 21.3. The van der Waals surface area contributed by atoms with Crippen LogP contribution in [-0.2, 0) is 27.2 Å². The number of alkyl carbamates (subject to hydrolysis) is 1. The number of aryl methyl sites for hydroxylation is 1. The van der Waals surface area contributed by atoms with Crippen LogP contribution in [0.25, 0.3) is 10.8 Å². The minimum absolute atomic E-state index is 0.00979. The van der Waals surface area contributed by atoms with Gasteiger partial charge in [0.25, 0.3) is 5.91 Å². The van der Waals surface area contributed by atoms with Gasteiger partial charge in [0.15, 0.2) is 12.4 Å². The lowest BCUT2D eigenvalue weighted by molar-refractivity contribution is -0.697. The summed E-state index contributed by atoms with van der Waals surface area (Å²) in [5, 5.41) is 10.2. The molecular formula is C33H36BrN4O6+. The number of hydrogen-bond acceptors (Lipinski definition) is 6. The fraction of sp³-hybridized carbons (Fsp3) is 0.273. The van der Waals surface area contributed by atoms with Crippen LogP contribution in [0, 0.1) is 0 Å². The first-order valence-corrected chi connectivity index (χ1v) is 15.2. The Bertz CT molecular complexity index is 1580. The summed E-state index contributed by atoms with van der Waals surface area (Å²) in [6.45, 7) is 4.82. The van der Waals surface area contributed by atoms with Crippen LogP contribution in [0.15, 0.2) is 89.7 Å². The number of hydrogen-bond donors (Lipinski definition) is 3. The quantitative estimate of drug-likeness (QED) is 0.0862. The Morgan fingerprint density at radius 2 is 1.61 bits per heavy atom. The van der Waals surface area contributed by atoms with E-state index < -0.39 is 18.4 Å². The van der Waals surface area contributed by atoms with Gasteiger partial charge in [0.05, 0.1) is 23.4 Å². The standard InChI is InChI=1S/C33H35BrN4O6/c1-3-16-38-21-26(20-27(34)22-38)31(39)36-28-13-11-24(12-14-28)15-17-43-32(40)35-23(2)42-18-19-44-33(41)37-30-10-6-8-25-7-4-5-9-29(25)30/h4-14,20-23H,3,15-19H2,1-2H3,(H2-,35,36,37,39,40,41)/p+1. The molecule has 1 atom stereocenters. The summed E-state index contributed by atoms with van der Waals surface area (Å²) in [5.41, 5.74) is 2.83. The number of amides is 3. The smallest absolute Gasteiger partial charge is 0.411 e. The molecule has 0 spiro atoms. The number of aromatic nitrogens is 1. The normalized spacial score (nSPS) is 11.4. The first-order valence-electron chi connectivity index (χ1n) is 14.4. The molecule has 3 amide bonds. The van der Waals surface area contributed by atoms with Gasteiger partial charge in [-0.15, -0.1) is 0 Å². The van der Waals surface area contributed by atoms with Crippen molar-refractivity contribution in [3.8, 4) is 0 Å². The molecule has 11 heteroatoms. The monoisotopic (exact) mass is 663 g/mol. The number of nitrogens with one attached hydrogen (secondary N) is 3. The van der Waals surface area contributed by atoms with Gasteiger partial charge in [-0.05, 0) is 58.1 Å². The van der Waals surface area contributed by atoms with Crippen molar-refractivity contribution < 1.29 is 33.2 Å². The Morgan fingerprint density at radius 3 is 2.41 bits per heavy atom. The molecule has 1 unspecified atom stereocenters. The van der Waals surface area contributed by atoms with E-state index in [0.717, 1.165) is 33.8 Å². The van der Waals surface area contributed by atoms with E-state index >= 15 is 0 Å². The lowest BCUT2D eigenvalue weighted by atomic mass is 10.1. The number of rotatable bonds is 13. The molecule has 230 valence electrons. The SMILES string of the molecule is CCC[n+]1cc(Br)cc(C(=O)Nc2ccc(CCOC(=O)NC(C)OCCOC(=O)Nc3cccc4ccccc34)cc2)c1. The molecule has 0 saturated heterocycles. The topological polar surface area (TPSA) is 119 Å². The minimum atomic E-state index is -0.642. The average molecular weight is 665 g/mol. The van der Waals surface area contributed by atoms with Crippen LogP contribution in [0.1, 0.15) is 36.2 Å². The molecule has 0 aliphatic rings. The van der Waals surface area contributed by atoms with E-state index in [9.17, 15) is 14.4 Å². The molecule has 1 heterocycles. The van der Waals surface area contributed by atoms with Crippen molar-refractivity contribution in [2.45, 2.75) is 39.5 Å². The fourth-order valence-electron chi connectivity index (χ4n) is 4.42. The Kier molecular flexibility index (Phi) is 12.1. The maximum atomic E-state index is 12.7. The summed E-state index contributed by atoms with van der Waals surface area (Å²) in [7, 11) is 0. The molecule has 3 N–H and O–H groups in total. The van der Waals surface area contributed by atoms with E-state index in [1.165, 1.54) is 0 Å². The Labute approximate surface area is 264 Å². The molecule has 10 nitrogen and oxygen atoms in total. The molecular weight excluding hydrogens is 628 g/mol. The zero-order valence-corrected chi connectivity index (χ0v) is 26.3. The van der Waals surface area contributed by atoms with Gasteiger partial charge in [0, 0.05) is 23.9 Å². The highest BCUT2D eigenvalue weighted by Gasteiger charge is 2.14. The van der Waals surface area contributed by atoms with E-state index in [-0.39, 0.29) is 25.7 Å². The summed E-state index contributed by atoms with van der Waals surface area (Å²) < 4.78 is 18.8. The van der Waals surface area contributed by atoms with Crippen molar-refractivity contribution in [1.82, 2.24) is 5.32 Å². The molecule has 1 aromatic heterocycles. The van der Waals surface area contributed by atoms with Crippen molar-refractivity contribution in [3.63, 3.8) is 0 Å². The predicted octanol–water partition coefficient (Wildman–Crippen LogP) is 6.43. The molecule has 0 fully saturated rings. The summed E-state index contributed by atoms with van der Waals surface area (Å²) in [4.78, 5) is 37.0. The summed E-state index contributed by atoms with van der Waals surface area (Å²) in [6.07, 6.45) is 3.38. The van der Waals surface area contributed by atoms with E-state index in [0.29, 0.717) is 23.4 Å². The number of nitrogens with zero attached hydrogens (tertiary/aromatic N) is 1. The molecule has 0 aliphatic carbocycles. The third kappa shape index (κ3) is 10.1. The van der Waals surface area contributed by atoms with Gasteiger partial charge in [-0.1, -0.05) is 55.5 Å². The minimum Gasteiger partial charge on any atom is -0.449 e. The van der Waals surface area contributed by atoms with Crippen molar-refractivity contribution >= 4 is 56.2 Å². The molecule has 4 aromatic rings. The van der Waals surface area contributed by atoms with Crippen LogP contribution in [0.2, 0.25) is 0 Å². The van der Waals surface area contributed by atoms with Gasteiger partial charge < -0.3 is 19.5 Å². The van der Waals surface area contributed by atoms with E-state index in [2.05, 4.69) is 38.8 Å². The van der Waals surface area contributed by atoms with E-state index in [1.807, 2.05) is 77.6 Å². The number of anilines is 2. The number of fused-ring (bicyclic) bond motifs is 1. The highest BCUT2D eigenvalue weighted by molar-refractivity contribution is 9.10. The van der Waals surface area contributed by atoms with Gasteiger partial charge in [-0.3, -0.25) is 15.4 Å². The van der Waals surface area contributed by atoms with Gasteiger partial charge >= 0.3 is 12.2 Å². The van der Waals surface area contributed by atoms with Crippen LogP contribution in [0.4, 0.5) is 21.0 Å². The Balaban J connectivity index is 1.10. The maximum Gasteiger partial charge on any atom is 0.411 e. The zero-order valence-electron chi connectivity index (χ0n) is 24.7. The molecule has 3 aromatic carbocycles. The second-order valence-electron chi connectivity index (χ2n) is 9.96. The number of pyridine rings is 1. The van der Waals surface area contributed by atoms with Crippen LogP contribution < -0.4 is 20.5 Å². The van der Waals surface area contributed by atoms with Crippen LogP contribution in [-0.4, -0.2) is 44.1 Å². The second kappa shape index (κ2) is 16.4. The first kappa shape index (κ1) is 32.4. The number of halogens is 1. The second-order valence-corrected chi connectivity index (χ2v) is 10.9. The molecule has 44 heavy (non-hydrogen) atoms. The highest BCUT2D eigenvalue weighted by Crippen LogP contribution is 2.23. The summed E-state index contributed by atoms with van der Waals surface area (Å²) in [5.74, 6) is -0.198. The lowest BCUT2D eigenvalue weighted by Crippen LogP contribution is -2.36. The van der Waals surface area contributed by atoms with E-state index in [1.54, 1.807) is 19.1 Å². The molecule has 4 rings (SSSR count). The van der Waals surface area contributed by atoms with Crippen LogP contribution in [0.5, 0.6) is 0 Å². The van der Waals surface area contributed by atoms with Crippen LogP contribution >= 0.6 is 15.9 Å². The molecule has 0 saturated carbocycles. The van der Waals surface area contributed by atoms with Crippen molar-refractivity contribution in [1.29, 1.82) is 0 Å². The summed E-state index contributed by atoms with van der Waals surface area (Å²) >= 11 is 3.46. The lowest BCUT2D eigenvalue weighted by Gasteiger charge is -2.15. The predicted molar refractivity (Wildman–Crippen MR) is 172 cm³/mol. The number of benzene rings is 3. The van der Waals surface area contributed by atoms with Gasteiger partial charge in [0.1, 0.15) is 24.9 Å². The largest absolute Gasteiger partial charge is 0.449 e. The number of carbonyl (C=O) groups is 3. The summed E-state index contributed by atoms with van der Waals surface area (Å²) in [6, 6.07) is 22.5. The molecule has 0 radical (unpaired) electrons. The van der Waals surface area contributed by atoms with Crippen LogP contribution in [0.3, 0.4) is 0 Å². The van der Waals surface area contributed by atoms with Crippen molar-refractivity contribution in [2.75, 3.05) is 30.5 Å². The fourth-order valence-corrected chi connectivity index (χ4v) is 4.93. The zero-order chi connectivity index (χ0) is 31.3. The molecule has 0 aliphatic heterocycles. The maximum absolute atomic E-state index is 12.7. The van der Waals surface area contributed by atoms with Gasteiger partial charge in [0.2, 0.25) is 0 Å². The van der Waals surface area contributed by atoms with Gasteiger partial charge in [-0.2, -0.15) is 0 Å². The van der Waals surface area contributed by atoms with Gasteiger partial charge in [-0.25, -0.2) is 14.2 Å². The average Bonchev–Trinajstić information content (AvgIpc) is 3.00.